The molecule has 3 heteroatoms. The van der Waals surface area contributed by atoms with Gasteiger partial charge in [-0.1, -0.05) is 0 Å². The van der Waals surface area contributed by atoms with Crippen LogP contribution in [-0.2, 0) is 6.42 Å². The molecule has 12 heavy (non-hydrogen) atoms. The van der Waals surface area contributed by atoms with Crippen LogP contribution in [0.3, 0.4) is 0 Å². The summed E-state index contributed by atoms with van der Waals surface area (Å²) in [5.41, 5.74) is 7.30. The summed E-state index contributed by atoms with van der Waals surface area (Å²) in [6.07, 6.45) is 0.250. The fraction of sp³-hybridized carbons (Fsp3) is 0.333. The first-order chi connectivity index (χ1) is 5.75. The van der Waals surface area contributed by atoms with E-state index in [1.54, 1.807) is 6.07 Å². The Morgan fingerprint density at radius 1 is 1.50 bits per heavy atom. The van der Waals surface area contributed by atoms with E-state index in [2.05, 4.69) is 0 Å². The van der Waals surface area contributed by atoms with Crippen molar-refractivity contribution in [3.8, 4) is 5.75 Å². The van der Waals surface area contributed by atoms with Crippen LogP contribution < -0.4 is 10.5 Å². The molecule has 0 bridgehead atoms. The number of ether oxygens (including phenoxy) is 1. The SMILES string of the molecule is Nc1ccc2c(c1)CC(O)CO2. The predicted molar refractivity (Wildman–Crippen MR) is 46.1 cm³/mol. The third-order valence-electron chi connectivity index (χ3n) is 1.97. The molecule has 1 atom stereocenters. The molecule has 1 unspecified atom stereocenters. The minimum absolute atomic E-state index is 0.386. The number of fused-ring (bicyclic) bond motifs is 1. The van der Waals surface area contributed by atoms with Crippen LogP contribution in [-0.4, -0.2) is 17.8 Å². The van der Waals surface area contributed by atoms with Crippen molar-refractivity contribution in [3.05, 3.63) is 23.8 Å². The van der Waals surface area contributed by atoms with Gasteiger partial charge in [-0.2, -0.15) is 0 Å². The Morgan fingerprint density at radius 2 is 2.33 bits per heavy atom. The van der Waals surface area contributed by atoms with E-state index in [-0.39, 0.29) is 6.10 Å². The van der Waals surface area contributed by atoms with E-state index in [9.17, 15) is 5.11 Å². The molecule has 0 aromatic heterocycles. The highest BCUT2D eigenvalue weighted by Gasteiger charge is 2.16. The molecule has 64 valence electrons. The number of anilines is 1. The summed E-state index contributed by atoms with van der Waals surface area (Å²) in [5.74, 6) is 0.842. The van der Waals surface area contributed by atoms with Gasteiger partial charge in [-0.25, -0.2) is 0 Å². The second-order valence-electron chi connectivity index (χ2n) is 3.04. The Kier molecular flexibility index (Phi) is 1.66. The lowest BCUT2D eigenvalue weighted by atomic mass is 10.0. The number of hydrogen-bond donors (Lipinski definition) is 2. The number of aliphatic hydroxyl groups excluding tert-OH is 1. The van der Waals surface area contributed by atoms with Crippen LogP contribution in [0, 0.1) is 0 Å². The highest BCUT2D eigenvalue weighted by Crippen LogP contribution is 2.26. The third-order valence-corrected chi connectivity index (χ3v) is 1.97. The zero-order chi connectivity index (χ0) is 8.55. The van der Waals surface area contributed by atoms with Gasteiger partial charge in [0.15, 0.2) is 0 Å². The molecule has 3 nitrogen and oxygen atoms in total. The summed E-state index contributed by atoms with van der Waals surface area (Å²) >= 11 is 0. The van der Waals surface area contributed by atoms with Crippen molar-refractivity contribution in [2.45, 2.75) is 12.5 Å². The third kappa shape index (κ3) is 1.23. The lowest BCUT2D eigenvalue weighted by molar-refractivity contribution is 0.0922. The van der Waals surface area contributed by atoms with Gasteiger partial charge in [-0.15, -0.1) is 0 Å². The first kappa shape index (κ1) is 7.43. The fourth-order valence-corrected chi connectivity index (χ4v) is 1.40. The lowest BCUT2D eigenvalue weighted by Gasteiger charge is -2.21. The van der Waals surface area contributed by atoms with Crippen LogP contribution in [0.4, 0.5) is 5.69 Å². The van der Waals surface area contributed by atoms with E-state index in [4.69, 9.17) is 10.5 Å². The van der Waals surface area contributed by atoms with Crippen molar-refractivity contribution < 1.29 is 9.84 Å². The summed E-state index contributed by atoms with van der Waals surface area (Å²) in [6, 6.07) is 5.49. The van der Waals surface area contributed by atoms with Gasteiger partial charge in [0.25, 0.3) is 0 Å². The topological polar surface area (TPSA) is 55.5 Å². The highest BCUT2D eigenvalue weighted by molar-refractivity contribution is 5.48. The zero-order valence-electron chi connectivity index (χ0n) is 6.66. The molecule has 0 radical (unpaired) electrons. The van der Waals surface area contributed by atoms with Crippen LogP contribution in [0.25, 0.3) is 0 Å². The fourth-order valence-electron chi connectivity index (χ4n) is 1.40. The molecule has 0 spiro atoms. The van der Waals surface area contributed by atoms with Crippen molar-refractivity contribution in [1.82, 2.24) is 0 Å². The van der Waals surface area contributed by atoms with Crippen LogP contribution >= 0.6 is 0 Å². The van der Waals surface area contributed by atoms with E-state index < -0.39 is 0 Å². The Bertz CT molecular complexity index is 299. The number of rotatable bonds is 0. The van der Waals surface area contributed by atoms with E-state index in [0.29, 0.717) is 18.7 Å². The van der Waals surface area contributed by atoms with Crippen molar-refractivity contribution >= 4 is 5.69 Å². The largest absolute Gasteiger partial charge is 0.491 e. The number of nitrogen functional groups attached to an aromatic ring is 1. The molecule has 0 saturated carbocycles. The van der Waals surface area contributed by atoms with Crippen LogP contribution in [0.5, 0.6) is 5.75 Å². The van der Waals surface area contributed by atoms with Gasteiger partial charge in [0.1, 0.15) is 12.4 Å². The molecule has 0 fully saturated rings. The standard InChI is InChI=1S/C9H11NO2/c10-7-1-2-9-6(3-7)4-8(11)5-12-9/h1-3,8,11H,4-5,10H2. The quantitative estimate of drug-likeness (QED) is 0.552. The van der Waals surface area contributed by atoms with Crippen LogP contribution in [0.1, 0.15) is 5.56 Å². The molecule has 1 heterocycles. The molecule has 0 aliphatic carbocycles. The molecule has 1 aliphatic rings. The zero-order valence-corrected chi connectivity index (χ0v) is 6.66. The molecule has 0 amide bonds. The monoisotopic (exact) mass is 165 g/mol. The van der Waals surface area contributed by atoms with E-state index in [1.807, 2.05) is 12.1 Å². The highest BCUT2D eigenvalue weighted by atomic mass is 16.5. The van der Waals surface area contributed by atoms with Gasteiger partial charge in [-0.3, -0.25) is 0 Å². The minimum Gasteiger partial charge on any atom is -0.491 e. The first-order valence-corrected chi connectivity index (χ1v) is 3.95. The summed E-state index contributed by atoms with van der Waals surface area (Å²) in [5, 5.41) is 9.28. The van der Waals surface area contributed by atoms with Crippen LogP contribution in [0.15, 0.2) is 18.2 Å². The molecule has 0 saturated heterocycles. The van der Waals surface area contributed by atoms with Gasteiger partial charge in [0.05, 0.1) is 6.10 Å². The maximum atomic E-state index is 9.28. The number of hydrogen-bond acceptors (Lipinski definition) is 3. The molecule has 1 aliphatic heterocycles. The predicted octanol–water partition coefficient (Wildman–Crippen LogP) is 0.565. The average molecular weight is 165 g/mol. The van der Waals surface area contributed by atoms with Crippen LogP contribution in [0.2, 0.25) is 0 Å². The van der Waals surface area contributed by atoms with Crippen molar-refractivity contribution in [3.63, 3.8) is 0 Å². The Morgan fingerprint density at radius 3 is 3.17 bits per heavy atom. The maximum Gasteiger partial charge on any atom is 0.122 e. The number of benzene rings is 1. The smallest absolute Gasteiger partial charge is 0.122 e. The summed E-state index contributed by atoms with van der Waals surface area (Å²) in [4.78, 5) is 0. The van der Waals surface area contributed by atoms with Crippen molar-refractivity contribution in [2.24, 2.45) is 0 Å². The number of nitrogens with two attached hydrogens (primary N) is 1. The van der Waals surface area contributed by atoms with E-state index >= 15 is 0 Å². The van der Waals surface area contributed by atoms with Gasteiger partial charge in [0.2, 0.25) is 0 Å². The number of aliphatic hydroxyl groups is 1. The Balaban J connectivity index is 2.37. The second-order valence-corrected chi connectivity index (χ2v) is 3.04. The Hall–Kier alpha value is -1.22. The van der Waals surface area contributed by atoms with Crippen molar-refractivity contribution in [2.75, 3.05) is 12.3 Å². The molecular weight excluding hydrogens is 154 g/mol. The minimum atomic E-state index is -0.390. The molecule has 2 rings (SSSR count). The summed E-state index contributed by atoms with van der Waals surface area (Å²) in [7, 11) is 0. The van der Waals surface area contributed by atoms with Gasteiger partial charge in [-0.05, 0) is 23.8 Å². The average Bonchev–Trinajstić information content (AvgIpc) is 2.03. The first-order valence-electron chi connectivity index (χ1n) is 3.95. The summed E-state index contributed by atoms with van der Waals surface area (Å²) in [6.45, 7) is 0.386. The van der Waals surface area contributed by atoms with E-state index in [1.165, 1.54) is 0 Å². The molecule has 3 N–H and O–H groups in total. The lowest BCUT2D eigenvalue weighted by Crippen LogP contribution is -2.25. The van der Waals surface area contributed by atoms with Gasteiger partial charge < -0.3 is 15.6 Å². The molecule has 1 aromatic carbocycles. The van der Waals surface area contributed by atoms with Gasteiger partial charge in [0, 0.05) is 12.1 Å². The van der Waals surface area contributed by atoms with Gasteiger partial charge >= 0.3 is 0 Å². The Labute approximate surface area is 70.8 Å². The normalized spacial score (nSPS) is 21.2. The summed E-state index contributed by atoms with van der Waals surface area (Å²) < 4.78 is 5.29. The van der Waals surface area contributed by atoms with Crippen molar-refractivity contribution in [1.29, 1.82) is 0 Å². The van der Waals surface area contributed by atoms with E-state index in [0.717, 1.165) is 11.3 Å². The maximum absolute atomic E-state index is 9.28. The second kappa shape index (κ2) is 2.68. The molecule has 1 aromatic rings. The molecular formula is C9H11NO2.